The number of fused-ring (bicyclic) bond motifs is 2. The normalized spacial score (nSPS) is 11.6. The van der Waals surface area contributed by atoms with E-state index in [0.717, 1.165) is 73.4 Å². The van der Waals surface area contributed by atoms with Crippen molar-refractivity contribution in [2.45, 2.75) is 0 Å². The van der Waals surface area contributed by atoms with Crippen molar-refractivity contribution in [3.05, 3.63) is 366 Å². The van der Waals surface area contributed by atoms with Crippen molar-refractivity contribution in [3.8, 4) is 0 Å². The van der Waals surface area contributed by atoms with Crippen LogP contribution < -0.4 is 14.7 Å². The summed E-state index contributed by atoms with van der Waals surface area (Å²) in [6.45, 7) is 0. The van der Waals surface area contributed by atoms with E-state index in [0.29, 0.717) is 0 Å². The maximum Gasteiger partial charge on any atom is 0.0462 e. The monoisotopic (exact) mass is 1090 g/mol. The van der Waals surface area contributed by atoms with Crippen LogP contribution in [0.5, 0.6) is 0 Å². The fourth-order valence-corrected chi connectivity index (χ4v) is 11.2. The van der Waals surface area contributed by atoms with E-state index in [-0.39, 0.29) is 0 Å². The third-order valence-electron chi connectivity index (χ3n) is 15.5. The van der Waals surface area contributed by atoms with Gasteiger partial charge in [0.05, 0.1) is 0 Å². The van der Waals surface area contributed by atoms with E-state index in [2.05, 4.69) is 385 Å². The Labute approximate surface area is 499 Å². The van der Waals surface area contributed by atoms with E-state index in [1.165, 1.54) is 43.8 Å². The minimum absolute atomic E-state index is 1.09. The van der Waals surface area contributed by atoms with Crippen LogP contribution in [0.25, 0.3) is 70.2 Å². The van der Waals surface area contributed by atoms with Crippen molar-refractivity contribution in [1.82, 2.24) is 0 Å². The topological polar surface area (TPSA) is 9.72 Å². The third-order valence-corrected chi connectivity index (χ3v) is 15.5. The van der Waals surface area contributed by atoms with Crippen molar-refractivity contribution < 1.29 is 0 Å². The zero-order valence-electron chi connectivity index (χ0n) is 47.1. The average molecular weight is 1090 g/mol. The molecule has 0 saturated carbocycles. The van der Waals surface area contributed by atoms with Gasteiger partial charge in [-0.05, 0) is 175 Å². The van der Waals surface area contributed by atoms with Gasteiger partial charge in [-0.25, -0.2) is 0 Å². The van der Waals surface area contributed by atoms with E-state index < -0.39 is 0 Å². The van der Waals surface area contributed by atoms with Gasteiger partial charge in [0.15, 0.2) is 0 Å². The van der Waals surface area contributed by atoms with Crippen LogP contribution in [-0.4, -0.2) is 0 Å². The number of hydrogen-bond donors (Lipinski definition) is 0. The molecule has 0 spiro atoms. The van der Waals surface area contributed by atoms with Crippen molar-refractivity contribution in [2.24, 2.45) is 0 Å². The fourth-order valence-electron chi connectivity index (χ4n) is 11.2. The molecular weight excluding hydrogens is 1030 g/mol. The molecule has 0 heterocycles. The molecule has 0 aliphatic rings. The largest absolute Gasteiger partial charge is 0.311 e. The first-order chi connectivity index (χ1) is 42.1. The van der Waals surface area contributed by atoms with Gasteiger partial charge < -0.3 is 14.7 Å². The maximum atomic E-state index is 2.32. The lowest BCUT2D eigenvalue weighted by Gasteiger charge is -2.25. The predicted molar refractivity (Wildman–Crippen MR) is 367 cm³/mol. The smallest absolute Gasteiger partial charge is 0.0462 e. The highest BCUT2D eigenvalue weighted by Crippen LogP contribution is 2.38. The molecule has 0 atom stereocenters. The van der Waals surface area contributed by atoms with Crippen LogP contribution in [0.15, 0.2) is 322 Å². The molecule has 0 fully saturated rings. The summed E-state index contributed by atoms with van der Waals surface area (Å²) in [6.07, 6.45) is 17.8. The second-order valence-electron chi connectivity index (χ2n) is 21.0. The number of para-hydroxylation sites is 5. The van der Waals surface area contributed by atoms with E-state index >= 15 is 0 Å². The summed E-state index contributed by atoms with van der Waals surface area (Å²) in [5, 5.41) is 4.86. The lowest BCUT2D eigenvalue weighted by Crippen LogP contribution is -2.09. The number of rotatable bonds is 17. The molecule has 0 aliphatic carbocycles. The number of anilines is 9. The summed E-state index contributed by atoms with van der Waals surface area (Å²) in [5.74, 6) is 0. The Bertz CT molecular complexity index is 4110. The first kappa shape index (κ1) is 53.1. The van der Waals surface area contributed by atoms with Crippen LogP contribution in [0.3, 0.4) is 0 Å². The molecule has 0 N–H and O–H groups in total. The molecule has 0 amide bonds. The van der Waals surface area contributed by atoms with Crippen molar-refractivity contribution in [3.63, 3.8) is 0 Å². The Kier molecular flexibility index (Phi) is 15.8. The van der Waals surface area contributed by atoms with E-state index in [1.807, 2.05) is 0 Å². The lowest BCUT2D eigenvalue weighted by atomic mass is 9.98. The van der Waals surface area contributed by atoms with Crippen LogP contribution in [0.1, 0.15) is 44.5 Å². The highest BCUT2D eigenvalue weighted by atomic mass is 15.2. The average Bonchev–Trinajstić information content (AvgIpc) is 3.62. The Morgan fingerprint density at radius 2 is 0.306 bits per heavy atom. The Morgan fingerprint density at radius 3 is 0.494 bits per heavy atom. The standard InChI is InChI=1S/C82H61N3/c1-6-20-70(21-7-1)83(71-22-8-2-9-23-71)75-54-38-62(39-55-75)34-46-66-50-52-68(81-32-18-16-30-79(66)81)48-36-64-42-58-77(59-43-64)85(74-28-14-5-15-29-74)78-60-44-65(45-61-78)37-49-69-53-51-67(80-31-17-19-33-82(69)80)47-35-63-40-56-76(57-41-63)84(72-24-10-3-11-25-72)73-26-12-4-13-27-73/h1-61H/b46-34+,47-35+,48-36+,49-37+. The third kappa shape index (κ3) is 12.2. The Morgan fingerprint density at radius 1 is 0.141 bits per heavy atom. The van der Waals surface area contributed by atoms with Gasteiger partial charge in [0.25, 0.3) is 0 Å². The molecule has 0 bridgehead atoms. The number of benzene rings is 13. The second kappa shape index (κ2) is 25.3. The first-order valence-corrected chi connectivity index (χ1v) is 29.0. The molecular formula is C82H61N3. The van der Waals surface area contributed by atoms with Crippen molar-refractivity contribution >= 4 is 121 Å². The van der Waals surface area contributed by atoms with Gasteiger partial charge in [0.1, 0.15) is 0 Å². The minimum atomic E-state index is 1.09. The van der Waals surface area contributed by atoms with Gasteiger partial charge in [-0.1, -0.05) is 261 Å². The van der Waals surface area contributed by atoms with Gasteiger partial charge in [-0.3, -0.25) is 0 Å². The molecule has 0 aromatic heterocycles. The highest BCUT2D eigenvalue weighted by Gasteiger charge is 2.15. The molecule has 3 nitrogen and oxygen atoms in total. The predicted octanol–water partition coefficient (Wildman–Crippen LogP) is 23.1. The van der Waals surface area contributed by atoms with Crippen molar-refractivity contribution in [2.75, 3.05) is 14.7 Å². The summed E-state index contributed by atoms with van der Waals surface area (Å²) in [7, 11) is 0. The molecule has 13 aromatic rings. The van der Waals surface area contributed by atoms with Gasteiger partial charge in [0.2, 0.25) is 0 Å². The first-order valence-electron chi connectivity index (χ1n) is 29.0. The molecule has 13 rings (SSSR count). The van der Waals surface area contributed by atoms with Crippen LogP contribution in [0, 0.1) is 0 Å². The Hall–Kier alpha value is -11.3. The van der Waals surface area contributed by atoms with Crippen LogP contribution in [0.4, 0.5) is 51.2 Å². The summed E-state index contributed by atoms with van der Waals surface area (Å²) in [4.78, 5) is 6.89. The van der Waals surface area contributed by atoms with Gasteiger partial charge in [-0.2, -0.15) is 0 Å². The van der Waals surface area contributed by atoms with Gasteiger partial charge in [-0.15, -0.1) is 0 Å². The SMILES string of the molecule is C(=C\c1ccc(/C=C/c2ccc(N(c3ccccc3)c3ccc(/C=C/c4ccc(/C=C/c5ccc(N(c6ccccc6)c6ccccc6)cc5)c5ccccc45)cc3)cc2)c2ccccc12)/c1ccc(N(c2ccccc2)c2ccccc2)cc1. The van der Waals surface area contributed by atoms with Crippen molar-refractivity contribution in [1.29, 1.82) is 0 Å². The molecule has 0 unspecified atom stereocenters. The highest BCUT2D eigenvalue weighted by molar-refractivity contribution is 6.01. The lowest BCUT2D eigenvalue weighted by molar-refractivity contribution is 1.28. The van der Waals surface area contributed by atoms with E-state index in [4.69, 9.17) is 0 Å². The molecule has 0 saturated heterocycles. The summed E-state index contributed by atoms with van der Waals surface area (Å²) in [5.41, 5.74) is 19.2. The summed E-state index contributed by atoms with van der Waals surface area (Å²) < 4.78 is 0. The zero-order chi connectivity index (χ0) is 57.0. The quantitative estimate of drug-likeness (QED) is 0.0842. The van der Waals surface area contributed by atoms with Crippen LogP contribution in [0.2, 0.25) is 0 Å². The molecule has 0 radical (unpaired) electrons. The molecule has 13 aromatic carbocycles. The number of hydrogen-bond acceptors (Lipinski definition) is 3. The minimum Gasteiger partial charge on any atom is -0.311 e. The molecule has 404 valence electrons. The van der Waals surface area contributed by atoms with Gasteiger partial charge >= 0.3 is 0 Å². The maximum absolute atomic E-state index is 2.32. The van der Waals surface area contributed by atoms with Gasteiger partial charge in [0, 0.05) is 51.2 Å². The zero-order valence-corrected chi connectivity index (χ0v) is 47.1. The molecule has 3 heteroatoms. The van der Waals surface area contributed by atoms with Crippen LogP contribution >= 0.6 is 0 Å². The summed E-state index contributed by atoms with van der Waals surface area (Å²) >= 11 is 0. The van der Waals surface area contributed by atoms with E-state index in [1.54, 1.807) is 0 Å². The Balaban J connectivity index is 0.689. The van der Waals surface area contributed by atoms with Crippen LogP contribution in [-0.2, 0) is 0 Å². The molecule has 85 heavy (non-hydrogen) atoms. The summed E-state index contributed by atoms with van der Waals surface area (Å²) in [6, 6.07) is 114. The molecule has 0 aliphatic heterocycles. The second-order valence-corrected chi connectivity index (χ2v) is 21.0. The van der Waals surface area contributed by atoms with E-state index in [9.17, 15) is 0 Å². The fraction of sp³-hybridized carbons (Fsp3) is 0. The number of nitrogens with zero attached hydrogens (tertiary/aromatic N) is 3.